The maximum atomic E-state index is 12.3. The van der Waals surface area contributed by atoms with Gasteiger partial charge in [-0.25, -0.2) is 4.79 Å². The highest BCUT2D eigenvalue weighted by atomic mass is 32.2. The Morgan fingerprint density at radius 1 is 1.17 bits per heavy atom. The number of amides is 2. The van der Waals surface area contributed by atoms with E-state index >= 15 is 0 Å². The Morgan fingerprint density at radius 3 is 2.37 bits per heavy atom. The highest BCUT2D eigenvalue weighted by Crippen LogP contribution is 2.25. The maximum absolute atomic E-state index is 12.3. The van der Waals surface area contributed by atoms with Gasteiger partial charge in [-0.1, -0.05) is 43.8 Å². The van der Waals surface area contributed by atoms with Crippen LogP contribution in [0.3, 0.4) is 0 Å². The predicted octanol–water partition coefficient (Wildman–Crippen LogP) is 4.64. The summed E-state index contributed by atoms with van der Waals surface area (Å²) in [5.41, 5.74) is 2.21. The number of para-hydroxylation sites is 1. The smallest absolute Gasteiger partial charge is 0.408 e. The van der Waals surface area contributed by atoms with Crippen LogP contribution in [0.2, 0.25) is 0 Å². The summed E-state index contributed by atoms with van der Waals surface area (Å²) >= 11 is 1.14. The lowest BCUT2D eigenvalue weighted by Crippen LogP contribution is -2.37. The number of carbonyl (C=O) groups excluding carboxylic acids is 2. The number of thioether (sulfide) groups is 1. The van der Waals surface area contributed by atoms with Gasteiger partial charge in [0.25, 0.3) is 5.22 Å². The Labute approximate surface area is 181 Å². The third-order valence-electron chi connectivity index (χ3n) is 4.10. The highest BCUT2D eigenvalue weighted by Gasteiger charge is 2.27. The minimum Gasteiger partial charge on any atom is -0.444 e. The van der Waals surface area contributed by atoms with Gasteiger partial charge in [0.15, 0.2) is 0 Å². The van der Waals surface area contributed by atoms with Crippen LogP contribution in [0, 0.1) is 19.8 Å². The molecular formula is C21H30N4O4S. The molecule has 9 heteroatoms. The molecule has 2 amide bonds. The zero-order valence-electron chi connectivity index (χ0n) is 18.5. The number of ether oxygens (including phenoxy) is 1. The van der Waals surface area contributed by atoms with Crippen LogP contribution >= 0.6 is 11.8 Å². The van der Waals surface area contributed by atoms with Crippen molar-refractivity contribution >= 4 is 29.4 Å². The molecule has 1 aromatic carbocycles. The number of alkyl carbamates (subject to hydrolysis) is 1. The summed E-state index contributed by atoms with van der Waals surface area (Å²) in [7, 11) is 0. The first kappa shape index (κ1) is 23.7. The number of carbonyl (C=O) groups is 2. The van der Waals surface area contributed by atoms with Crippen molar-refractivity contribution < 1.29 is 18.7 Å². The molecule has 0 aliphatic rings. The topological polar surface area (TPSA) is 106 Å². The Morgan fingerprint density at radius 2 is 1.80 bits per heavy atom. The number of nitrogens with zero attached hydrogens (tertiary/aromatic N) is 2. The minimum atomic E-state index is -0.607. The summed E-state index contributed by atoms with van der Waals surface area (Å²) in [4.78, 5) is 24.4. The average molecular weight is 435 g/mol. The van der Waals surface area contributed by atoms with Crippen molar-refractivity contribution in [3.8, 4) is 0 Å². The Balaban J connectivity index is 1.97. The van der Waals surface area contributed by atoms with Crippen LogP contribution in [0.5, 0.6) is 0 Å². The van der Waals surface area contributed by atoms with Crippen molar-refractivity contribution in [3.63, 3.8) is 0 Å². The van der Waals surface area contributed by atoms with Crippen molar-refractivity contribution in [2.75, 3.05) is 11.1 Å². The lowest BCUT2D eigenvalue weighted by Gasteiger charge is -2.23. The fraction of sp³-hybridized carbons (Fsp3) is 0.524. The molecule has 8 nitrogen and oxygen atoms in total. The summed E-state index contributed by atoms with van der Waals surface area (Å²) in [6.07, 6.45) is -0.554. The van der Waals surface area contributed by atoms with E-state index in [1.807, 2.05) is 45.9 Å². The van der Waals surface area contributed by atoms with Gasteiger partial charge in [0, 0.05) is 5.69 Å². The van der Waals surface area contributed by atoms with E-state index in [0.29, 0.717) is 0 Å². The fourth-order valence-electron chi connectivity index (χ4n) is 2.67. The molecular weight excluding hydrogens is 404 g/mol. The van der Waals surface area contributed by atoms with Crippen LogP contribution in [0.4, 0.5) is 10.5 Å². The molecule has 0 spiro atoms. The van der Waals surface area contributed by atoms with Gasteiger partial charge < -0.3 is 19.8 Å². The van der Waals surface area contributed by atoms with Crippen LogP contribution in [0.1, 0.15) is 57.7 Å². The van der Waals surface area contributed by atoms with Gasteiger partial charge >= 0.3 is 6.09 Å². The van der Waals surface area contributed by atoms with Gasteiger partial charge in [-0.15, -0.1) is 10.2 Å². The Bertz CT molecular complexity index is 869. The number of aromatic nitrogens is 2. The molecule has 1 aromatic heterocycles. The highest BCUT2D eigenvalue weighted by molar-refractivity contribution is 7.99. The number of aryl methyl sites for hydroxylation is 2. The molecule has 0 unspecified atom stereocenters. The van der Waals surface area contributed by atoms with E-state index in [1.54, 1.807) is 20.8 Å². The first-order valence-electron chi connectivity index (χ1n) is 9.78. The Hall–Kier alpha value is -2.55. The van der Waals surface area contributed by atoms with Gasteiger partial charge in [-0.3, -0.25) is 4.79 Å². The zero-order chi connectivity index (χ0) is 22.5. The standard InChI is InChI=1S/C21H30N4O4S/c1-12(2)16(23-19(27)29-21(5,6)7)18-24-25-20(28-18)30-11-15(26)22-17-13(3)9-8-10-14(17)4/h8-10,12,16H,11H2,1-7H3,(H,22,26)(H,23,27)/t16-/m0/s1. The molecule has 0 radical (unpaired) electrons. The van der Waals surface area contributed by atoms with E-state index in [2.05, 4.69) is 20.8 Å². The summed E-state index contributed by atoms with van der Waals surface area (Å²) in [5, 5.41) is 14.0. The molecule has 0 saturated heterocycles. The summed E-state index contributed by atoms with van der Waals surface area (Å²) < 4.78 is 11.0. The first-order valence-corrected chi connectivity index (χ1v) is 10.8. The largest absolute Gasteiger partial charge is 0.444 e. The van der Waals surface area contributed by atoms with E-state index in [4.69, 9.17) is 9.15 Å². The summed E-state index contributed by atoms with van der Waals surface area (Å²) in [5.74, 6) is 0.238. The third kappa shape index (κ3) is 7.05. The quantitative estimate of drug-likeness (QED) is 0.611. The summed E-state index contributed by atoms with van der Waals surface area (Å²) in [6.45, 7) is 13.1. The van der Waals surface area contributed by atoms with Crippen LogP contribution in [0.15, 0.2) is 27.8 Å². The number of nitrogens with one attached hydrogen (secondary N) is 2. The van der Waals surface area contributed by atoms with Crippen molar-refractivity contribution in [1.82, 2.24) is 15.5 Å². The van der Waals surface area contributed by atoms with Crippen molar-refractivity contribution in [3.05, 3.63) is 35.2 Å². The number of rotatable bonds is 7. The van der Waals surface area contributed by atoms with Crippen molar-refractivity contribution in [1.29, 1.82) is 0 Å². The van der Waals surface area contributed by atoms with Gasteiger partial charge in [-0.05, 0) is 51.7 Å². The molecule has 0 bridgehead atoms. The second-order valence-electron chi connectivity index (χ2n) is 8.38. The molecule has 164 valence electrons. The lowest BCUT2D eigenvalue weighted by atomic mass is 10.1. The van der Waals surface area contributed by atoms with Gasteiger partial charge in [0.05, 0.1) is 5.75 Å². The molecule has 0 aliphatic carbocycles. The molecule has 0 aliphatic heterocycles. The number of hydrogen-bond donors (Lipinski definition) is 2. The SMILES string of the molecule is Cc1cccc(C)c1NC(=O)CSc1nnc([C@@H](NC(=O)OC(C)(C)C)C(C)C)o1. The monoisotopic (exact) mass is 434 g/mol. The lowest BCUT2D eigenvalue weighted by molar-refractivity contribution is -0.113. The molecule has 2 N–H and O–H groups in total. The number of benzene rings is 1. The van der Waals surface area contributed by atoms with Crippen LogP contribution in [0.25, 0.3) is 0 Å². The van der Waals surface area contributed by atoms with E-state index in [1.165, 1.54) is 0 Å². The molecule has 30 heavy (non-hydrogen) atoms. The van der Waals surface area contributed by atoms with Crippen LogP contribution < -0.4 is 10.6 Å². The molecule has 0 fully saturated rings. The van der Waals surface area contributed by atoms with Crippen LogP contribution in [-0.2, 0) is 9.53 Å². The van der Waals surface area contributed by atoms with Crippen molar-refractivity contribution in [2.45, 2.75) is 65.3 Å². The van der Waals surface area contributed by atoms with E-state index < -0.39 is 17.7 Å². The van der Waals surface area contributed by atoms with Crippen LogP contribution in [-0.4, -0.2) is 33.6 Å². The van der Waals surface area contributed by atoms with Gasteiger partial charge in [0.2, 0.25) is 11.8 Å². The minimum absolute atomic E-state index is 0.00291. The third-order valence-corrected chi connectivity index (χ3v) is 4.92. The molecule has 2 aromatic rings. The first-order chi connectivity index (χ1) is 14.0. The second kappa shape index (κ2) is 9.97. The second-order valence-corrected chi connectivity index (χ2v) is 9.30. The van der Waals surface area contributed by atoms with Gasteiger partial charge in [0.1, 0.15) is 11.6 Å². The van der Waals surface area contributed by atoms with E-state index in [0.717, 1.165) is 28.6 Å². The molecule has 1 heterocycles. The van der Waals surface area contributed by atoms with Crippen molar-refractivity contribution in [2.24, 2.45) is 5.92 Å². The van der Waals surface area contributed by atoms with Gasteiger partial charge in [-0.2, -0.15) is 0 Å². The number of hydrogen-bond acceptors (Lipinski definition) is 7. The normalized spacial score (nSPS) is 12.5. The molecule has 1 atom stereocenters. The van der Waals surface area contributed by atoms with E-state index in [9.17, 15) is 9.59 Å². The van der Waals surface area contributed by atoms with E-state index in [-0.39, 0.29) is 28.7 Å². The average Bonchev–Trinajstić information content (AvgIpc) is 3.08. The summed E-state index contributed by atoms with van der Waals surface area (Å²) in [6, 6.07) is 5.35. The fourth-order valence-corrected chi connectivity index (χ4v) is 3.24. The Kier molecular flexibility index (Phi) is 7.89. The zero-order valence-corrected chi connectivity index (χ0v) is 19.3. The molecule has 2 rings (SSSR count). The molecule has 0 saturated carbocycles. The number of anilines is 1. The maximum Gasteiger partial charge on any atom is 0.408 e. The predicted molar refractivity (Wildman–Crippen MR) is 117 cm³/mol.